The number of benzene rings is 1. The third-order valence-electron chi connectivity index (χ3n) is 6.55. The SMILES string of the molecule is Cc1c(CN2CC[C@@]3(O)CCCC[C@H]3C2)c2ccccc2n1CC(=O)O. The summed E-state index contributed by atoms with van der Waals surface area (Å²) >= 11 is 0. The van der Waals surface area contributed by atoms with Crippen molar-refractivity contribution in [1.82, 2.24) is 9.47 Å². The standard InChI is InChI=1S/C21H28N2O3/c1-15-18(17-7-2-3-8-19(17)23(15)14-20(24)25)13-22-11-10-21(26)9-5-4-6-16(21)12-22/h2-3,7-8,16,26H,4-6,9-14H2,1H3,(H,24,25)/t16-,21-/m0/s1. The Balaban J connectivity index is 1.61. The van der Waals surface area contributed by atoms with Gasteiger partial charge in [-0.3, -0.25) is 9.69 Å². The van der Waals surface area contributed by atoms with Crippen molar-refractivity contribution in [3.8, 4) is 0 Å². The normalized spacial score (nSPS) is 26.8. The number of carboxylic acids is 1. The van der Waals surface area contributed by atoms with Crippen molar-refractivity contribution >= 4 is 16.9 Å². The number of carboxylic acid groups (broad SMARTS) is 1. The Kier molecular flexibility index (Phi) is 4.53. The molecule has 0 amide bonds. The number of hydrogen-bond donors (Lipinski definition) is 2. The first-order valence-electron chi connectivity index (χ1n) is 9.71. The Hall–Kier alpha value is -1.85. The summed E-state index contributed by atoms with van der Waals surface area (Å²) in [5.41, 5.74) is 2.80. The summed E-state index contributed by atoms with van der Waals surface area (Å²) in [5, 5.41) is 21.3. The van der Waals surface area contributed by atoms with Gasteiger partial charge < -0.3 is 14.8 Å². The van der Waals surface area contributed by atoms with Crippen LogP contribution in [0.1, 0.15) is 43.4 Å². The van der Waals surface area contributed by atoms with Gasteiger partial charge in [0.05, 0.1) is 5.60 Å². The predicted octanol–water partition coefficient (Wildman–Crippen LogP) is 3.16. The van der Waals surface area contributed by atoms with Crippen molar-refractivity contribution in [1.29, 1.82) is 0 Å². The summed E-state index contributed by atoms with van der Waals surface area (Å²) in [4.78, 5) is 13.7. The van der Waals surface area contributed by atoms with Gasteiger partial charge in [0, 0.05) is 42.1 Å². The monoisotopic (exact) mass is 356 g/mol. The third kappa shape index (κ3) is 3.03. The van der Waals surface area contributed by atoms with Crippen LogP contribution in [0, 0.1) is 12.8 Å². The molecule has 1 aromatic carbocycles. The highest BCUT2D eigenvalue weighted by Gasteiger charge is 2.42. The van der Waals surface area contributed by atoms with Crippen molar-refractivity contribution in [2.24, 2.45) is 5.92 Å². The van der Waals surface area contributed by atoms with E-state index >= 15 is 0 Å². The molecule has 1 aliphatic carbocycles. The van der Waals surface area contributed by atoms with Crippen LogP contribution in [-0.2, 0) is 17.9 Å². The quantitative estimate of drug-likeness (QED) is 0.883. The lowest BCUT2D eigenvalue weighted by Gasteiger charge is -2.47. The number of para-hydroxylation sites is 1. The lowest BCUT2D eigenvalue weighted by Crippen LogP contribution is -2.52. The Bertz CT molecular complexity index is 828. The van der Waals surface area contributed by atoms with E-state index in [0.29, 0.717) is 5.92 Å². The van der Waals surface area contributed by atoms with Crippen molar-refractivity contribution in [3.63, 3.8) is 0 Å². The zero-order valence-electron chi connectivity index (χ0n) is 15.4. The molecular formula is C21H28N2O3. The predicted molar refractivity (Wildman–Crippen MR) is 101 cm³/mol. The Labute approximate surface area is 154 Å². The molecule has 2 N–H and O–H groups in total. The molecule has 1 aliphatic heterocycles. The molecule has 0 unspecified atom stereocenters. The molecule has 140 valence electrons. The van der Waals surface area contributed by atoms with Gasteiger partial charge >= 0.3 is 5.97 Å². The highest BCUT2D eigenvalue weighted by molar-refractivity contribution is 5.86. The first-order valence-corrected chi connectivity index (χ1v) is 9.71. The molecule has 1 saturated heterocycles. The maximum absolute atomic E-state index is 11.3. The lowest BCUT2D eigenvalue weighted by molar-refractivity contribution is -0.137. The van der Waals surface area contributed by atoms with Gasteiger partial charge in [-0.2, -0.15) is 0 Å². The van der Waals surface area contributed by atoms with Gasteiger partial charge in [0.15, 0.2) is 0 Å². The number of fused-ring (bicyclic) bond motifs is 2. The van der Waals surface area contributed by atoms with E-state index < -0.39 is 11.6 Å². The minimum absolute atomic E-state index is 0.00524. The summed E-state index contributed by atoms with van der Waals surface area (Å²) in [6.07, 6.45) is 5.28. The number of likely N-dealkylation sites (tertiary alicyclic amines) is 1. The van der Waals surface area contributed by atoms with Gasteiger partial charge in [-0.1, -0.05) is 31.0 Å². The van der Waals surface area contributed by atoms with E-state index in [1.165, 1.54) is 12.0 Å². The molecule has 1 aromatic heterocycles. The molecule has 0 spiro atoms. The van der Waals surface area contributed by atoms with Crippen LogP contribution in [-0.4, -0.2) is 44.3 Å². The molecule has 2 aromatic rings. The maximum atomic E-state index is 11.3. The zero-order valence-corrected chi connectivity index (χ0v) is 15.4. The van der Waals surface area contributed by atoms with Crippen molar-refractivity contribution < 1.29 is 15.0 Å². The van der Waals surface area contributed by atoms with Crippen LogP contribution >= 0.6 is 0 Å². The van der Waals surface area contributed by atoms with Crippen LogP contribution in [0.4, 0.5) is 0 Å². The van der Waals surface area contributed by atoms with Crippen molar-refractivity contribution in [2.75, 3.05) is 13.1 Å². The van der Waals surface area contributed by atoms with E-state index in [4.69, 9.17) is 0 Å². The lowest BCUT2D eigenvalue weighted by atomic mass is 9.71. The van der Waals surface area contributed by atoms with Crippen LogP contribution < -0.4 is 0 Å². The van der Waals surface area contributed by atoms with Crippen molar-refractivity contribution in [2.45, 2.75) is 57.7 Å². The summed E-state index contributed by atoms with van der Waals surface area (Å²) < 4.78 is 1.91. The van der Waals surface area contributed by atoms with E-state index in [9.17, 15) is 15.0 Å². The molecule has 2 heterocycles. The molecular weight excluding hydrogens is 328 g/mol. The number of hydrogen-bond acceptors (Lipinski definition) is 3. The van der Waals surface area contributed by atoms with E-state index in [0.717, 1.165) is 61.9 Å². The van der Waals surface area contributed by atoms with Crippen LogP contribution in [0.3, 0.4) is 0 Å². The van der Waals surface area contributed by atoms with Gasteiger partial charge in [-0.15, -0.1) is 0 Å². The van der Waals surface area contributed by atoms with E-state index in [1.54, 1.807) is 0 Å². The summed E-state index contributed by atoms with van der Waals surface area (Å²) in [6, 6.07) is 8.08. The molecule has 5 nitrogen and oxygen atoms in total. The zero-order chi connectivity index (χ0) is 18.3. The van der Waals surface area contributed by atoms with Gasteiger partial charge in [-0.05, 0) is 37.8 Å². The third-order valence-corrected chi connectivity index (χ3v) is 6.55. The number of aliphatic hydroxyl groups is 1. The van der Waals surface area contributed by atoms with Gasteiger partial charge in [0.2, 0.25) is 0 Å². The summed E-state index contributed by atoms with van der Waals surface area (Å²) in [6.45, 7) is 4.69. The van der Waals surface area contributed by atoms with Gasteiger partial charge in [-0.25, -0.2) is 0 Å². The fraction of sp³-hybridized carbons (Fsp3) is 0.571. The summed E-state index contributed by atoms with van der Waals surface area (Å²) in [5.74, 6) is -0.441. The highest BCUT2D eigenvalue weighted by atomic mass is 16.4. The fourth-order valence-electron chi connectivity index (χ4n) is 5.05. The maximum Gasteiger partial charge on any atom is 0.323 e. The smallest absolute Gasteiger partial charge is 0.323 e. The second kappa shape index (κ2) is 6.71. The van der Waals surface area contributed by atoms with Crippen LogP contribution in [0.5, 0.6) is 0 Å². The molecule has 0 bridgehead atoms. The van der Waals surface area contributed by atoms with Gasteiger partial charge in [0.1, 0.15) is 6.54 Å². The number of rotatable bonds is 4. The molecule has 2 atom stereocenters. The molecule has 1 saturated carbocycles. The largest absolute Gasteiger partial charge is 0.480 e. The molecule has 5 heteroatoms. The van der Waals surface area contributed by atoms with Crippen molar-refractivity contribution in [3.05, 3.63) is 35.5 Å². The first-order chi connectivity index (χ1) is 12.5. The summed E-state index contributed by atoms with van der Waals surface area (Å²) in [7, 11) is 0. The topological polar surface area (TPSA) is 65.7 Å². The Morgan fingerprint density at radius 3 is 2.88 bits per heavy atom. The minimum atomic E-state index is -0.814. The number of piperidine rings is 1. The van der Waals surface area contributed by atoms with Crippen LogP contribution in [0.2, 0.25) is 0 Å². The second-order valence-electron chi connectivity index (χ2n) is 8.09. The average Bonchev–Trinajstić information content (AvgIpc) is 2.87. The second-order valence-corrected chi connectivity index (χ2v) is 8.09. The van der Waals surface area contributed by atoms with E-state index in [2.05, 4.69) is 11.0 Å². The molecule has 2 aliphatic rings. The fourth-order valence-corrected chi connectivity index (χ4v) is 5.05. The molecule has 4 rings (SSSR count). The van der Waals surface area contributed by atoms with Gasteiger partial charge in [0.25, 0.3) is 0 Å². The number of carbonyl (C=O) groups is 1. The molecule has 0 radical (unpaired) electrons. The first kappa shape index (κ1) is 17.6. The molecule has 2 fully saturated rings. The number of aromatic nitrogens is 1. The average molecular weight is 356 g/mol. The number of aliphatic carboxylic acids is 1. The Morgan fingerprint density at radius 1 is 1.27 bits per heavy atom. The highest BCUT2D eigenvalue weighted by Crippen LogP contribution is 2.40. The molecule has 26 heavy (non-hydrogen) atoms. The Morgan fingerprint density at radius 2 is 2.08 bits per heavy atom. The minimum Gasteiger partial charge on any atom is -0.480 e. The van der Waals surface area contributed by atoms with E-state index in [1.807, 2.05) is 29.7 Å². The van der Waals surface area contributed by atoms with Crippen LogP contribution in [0.25, 0.3) is 10.9 Å². The van der Waals surface area contributed by atoms with E-state index in [-0.39, 0.29) is 6.54 Å². The van der Waals surface area contributed by atoms with Crippen LogP contribution in [0.15, 0.2) is 24.3 Å². The number of nitrogens with zero attached hydrogens (tertiary/aromatic N) is 2.